The largest absolute Gasteiger partial charge is 0.466 e. The Balaban J connectivity index is 2.37. The first-order valence-electron chi connectivity index (χ1n) is 6.93. The van der Waals surface area contributed by atoms with Crippen molar-refractivity contribution in [1.82, 2.24) is 5.32 Å². The number of hydrogen-bond donors (Lipinski definition) is 1. The first-order chi connectivity index (χ1) is 8.48. The van der Waals surface area contributed by atoms with Crippen LogP contribution in [0.3, 0.4) is 0 Å². The molecule has 0 aromatic carbocycles. The molecule has 18 heavy (non-hydrogen) atoms. The molecular formula is C14H27NO2S. The van der Waals surface area contributed by atoms with Crippen LogP contribution in [0.25, 0.3) is 0 Å². The van der Waals surface area contributed by atoms with E-state index < -0.39 is 0 Å². The van der Waals surface area contributed by atoms with Crippen LogP contribution in [0.15, 0.2) is 0 Å². The van der Waals surface area contributed by atoms with Crippen molar-refractivity contribution in [2.24, 2.45) is 5.92 Å². The highest BCUT2D eigenvalue weighted by Crippen LogP contribution is 2.27. The zero-order valence-electron chi connectivity index (χ0n) is 12.1. The molecule has 1 saturated carbocycles. The van der Waals surface area contributed by atoms with Crippen molar-refractivity contribution in [3.8, 4) is 0 Å². The Hall–Kier alpha value is -0.220. The highest BCUT2D eigenvalue weighted by atomic mass is 32.2. The molecule has 1 N–H and O–H groups in total. The van der Waals surface area contributed by atoms with Crippen LogP contribution < -0.4 is 5.32 Å². The van der Waals surface area contributed by atoms with Gasteiger partial charge in [-0.25, -0.2) is 0 Å². The van der Waals surface area contributed by atoms with Crippen molar-refractivity contribution >= 4 is 17.7 Å². The lowest BCUT2D eigenvalue weighted by atomic mass is 9.85. The minimum Gasteiger partial charge on any atom is -0.466 e. The van der Waals surface area contributed by atoms with Gasteiger partial charge in [-0.3, -0.25) is 4.79 Å². The van der Waals surface area contributed by atoms with Crippen LogP contribution in [0.2, 0.25) is 0 Å². The summed E-state index contributed by atoms with van der Waals surface area (Å²) in [5, 5.41) is 3.61. The van der Waals surface area contributed by atoms with Crippen molar-refractivity contribution in [3.63, 3.8) is 0 Å². The van der Waals surface area contributed by atoms with Crippen molar-refractivity contribution in [2.45, 2.75) is 57.2 Å². The normalized spacial score (nSPS) is 24.9. The topological polar surface area (TPSA) is 38.3 Å². The molecule has 2 atom stereocenters. The molecule has 1 aliphatic rings. The van der Waals surface area contributed by atoms with Crippen LogP contribution in [-0.4, -0.2) is 36.2 Å². The van der Waals surface area contributed by atoms with E-state index in [1.165, 1.54) is 6.42 Å². The third-order valence-electron chi connectivity index (χ3n) is 3.66. The number of carbonyl (C=O) groups is 1. The van der Waals surface area contributed by atoms with E-state index >= 15 is 0 Å². The third kappa shape index (κ3) is 5.19. The second kappa shape index (κ2) is 7.39. The predicted octanol–water partition coefficient (Wildman–Crippen LogP) is 2.84. The smallest absolute Gasteiger partial charge is 0.308 e. The SMILES string of the molecule is CCOC(=O)C1CCCC(NCC(C)(C)SC)C1. The average Bonchev–Trinajstić information content (AvgIpc) is 2.37. The van der Waals surface area contributed by atoms with E-state index in [9.17, 15) is 4.79 Å². The van der Waals surface area contributed by atoms with Crippen LogP contribution in [0.1, 0.15) is 46.5 Å². The summed E-state index contributed by atoms with van der Waals surface area (Å²) in [6.07, 6.45) is 6.37. The number of esters is 1. The lowest BCUT2D eigenvalue weighted by Gasteiger charge is -2.31. The molecule has 0 saturated heterocycles. The summed E-state index contributed by atoms with van der Waals surface area (Å²) in [5.41, 5.74) is 0. The molecule has 0 bridgehead atoms. The van der Waals surface area contributed by atoms with Gasteiger partial charge in [0.1, 0.15) is 0 Å². The monoisotopic (exact) mass is 273 g/mol. The molecule has 1 rings (SSSR count). The van der Waals surface area contributed by atoms with Gasteiger partial charge in [0.2, 0.25) is 0 Å². The van der Waals surface area contributed by atoms with Gasteiger partial charge in [0.05, 0.1) is 12.5 Å². The van der Waals surface area contributed by atoms with Crippen LogP contribution in [0, 0.1) is 5.92 Å². The third-order valence-corrected chi connectivity index (χ3v) is 4.91. The minimum absolute atomic E-state index is 0.00636. The second-order valence-electron chi connectivity index (χ2n) is 5.66. The number of nitrogens with one attached hydrogen (secondary N) is 1. The molecule has 0 aromatic heterocycles. The summed E-state index contributed by atoms with van der Waals surface area (Å²) in [6.45, 7) is 7.85. The maximum Gasteiger partial charge on any atom is 0.308 e. The molecule has 0 radical (unpaired) electrons. The predicted molar refractivity (Wildman–Crippen MR) is 78.0 cm³/mol. The van der Waals surface area contributed by atoms with Crippen molar-refractivity contribution in [3.05, 3.63) is 0 Å². The fourth-order valence-corrected chi connectivity index (χ4v) is 2.54. The van der Waals surface area contributed by atoms with Gasteiger partial charge in [-0.05, 0) is 46.3 Å². The number of ether oxygens (including phenoxy) is 1. The molecule has 0 spiro atoms. The fourth-order valence-electron chi connectivity index (χ4n) is 2.31. The first kappa shape index (κ1) is 15.8. The Bertz CT molecular complexity index is 269. The van der Waals surface area contributed by atoms with E-state index in [0.29, 0.717) is 12.6 Å². The number of rotatable bonds is 6. The van der Waals surface area contributed by atoms with Crippen LogP contribution in [0.4, 0.5) is 0 Å². The van der Waals surface area contributed by atoms with E-state index in [1.54, 1.807) is 0 Å². The van der Waals surface area contributed by atoms with E-state index in [4.69, 9.17) is 4.74 Å². The Labute approximate surface area is 115 Å². The maximum atomic E-state index is 11.7. The van der Waals surface area contributed by atoms with E-state index in [1.807, 2.05) is 18.7 Å². The van der Waals surface area contributed by atoms with Gasteiger partial charge in [0.15, 0.2) is 0 Å². The molecule has 0 heterocycles. The Morgan fingerprint density at radius 3 is 2.78 bits per heavy atom. The lowest BCUT2D eigenvalue weighted by molar-refractivity contribution is -0.149. The Morgan fingerprint density at radius 1 is 1.44 bits per heavy atom. The highest BCUT2D eigenvalue weighted by Gasteiger charge is 2.29. The van der Waals surface area contributed by atoms with Crippen LogP contribution in [0.5, 0.6) is 0 Å². The fraction of sp³-hybridized carbons (Fsp3) is 0.929. The zero-order chi connectivity index (χ0) is 13.6. The molecule has 1 fully saturated rings. The standard InChI is InChI=1S/C14H27NO2S/c1-5-17-13(16)11-7-6-8-12(9-11)15-10-14(2,3)18-4/h11-12,15H,5-10H2,1-4H3. The maximum absolute atomic E-state index is 11.7. The number of thioether (sulfide) groups is 1. The van der Waals surface area contributed by atoms with Gasteiger partial charge < -0.3 is 10.1 Å². The van der Waals surface area contributed by atoms with Gasteiger partial charge in [-0.15, -0.1) is 0 Å². The van der Waals surface area contributed by atoms with Gasteiger partial charge in [-0.1, -0.05) is 6.42 Å². The average molecular weight is 273 g/mol. The summed E-state index contributed by atoms with van der Waals surface area (Å²) in [6, 6.07) is 0.472. The summed E-state index contributed by atoms with van der Waals surface area (Å²) in [7, 11) is 0. The summed E-state index contributed by atoms with van der Waals surface area (Å²) < 4.78 is 5.39. The first-order valence-corrected chi connectivity index (χ1v) is 8.16. The van der Waals surface area contributed by atoms with E-state index in [2.05, 4.69) is 25.4 Å². The Morgan fingerprint density at radius 2 is 2.17 bits per heavy atom. The molecule has 0 aromatic rings. The molecular weight excluding hydrogens is 246 g/mol. The summed E-state index contributed by atoms with van der Waals surface area (Å²) in [5.74, 6) is 0.0988. The highest BCUT2D eigenvalue weighted by molar-refractivity contribution is 7.99. The number of carbonyl (C=O) groups excluding carboxylic acids is 1. The van der Waals surface area contributed by atoms with E-state index in [-0.39, 0.29) is 16.6 Å². The molecule has 4 heteroatoms. The molecule has 0 amide bonds. The zero-order valence-corrected chi connectivity index (χ0v) is 12.9. The quantitative estimate of drug-likeness (QED) is 0.755. The molecule has 2 unspecified atom stereocenters. The van der Waals surface area contributed by atoms with Gasteiger partial charge in [0, 0.05) is 17.3 Å². The minimum atomic E-state index is -0.00636. The van der Waals surface area contributed by atoms with E-state index in [0.717, 1.165) is 25.8 Å². The lowest BCUT2D eigenvalue weighted by Crippen LogP contribution is -2.42. The Kier molecular flexibility index (Phi) is 6.50. The van der Waals surface area contributed by atoms with Crippen molar-refractivity contribution < 1.29 is 9.53 Å². The number of hydrogen-bond acceptors (Lipinski definition) is 4. The molecule has 1 aliphatic carbocycles. The summed E-state index contributed by atoms with van der Waals surface area (Å²) in [4.78, 5) is 11.7. The van der Waals surface area contributed by atoms with Crippen molar-refractivity contribution in [1.29, 1.82) is 0 Å². The summed E-state index contributed by atoms with van der Waals surface area (Å²) >= 11 is 1.88. The van der Waals surface area contributed by atoms with Crippen molar-refractivity contribution in [2.75, 3.05) is 19.4 Å². The molecule has 3 nitrogen and oxygen atoms in total. The molecule has 106 valence electrons. The van der Waals surface area contributed by atoms with Crippen LogP contribution in [-0.2, 0) is 9.53 Å². The second-order valence-corrected chi connectivity index (χ2v) is 7.17. The van der Waals surface area contributed by atoms with Gasteiger partial charge >= 0.3 is 5.97 Å². The van der Waals surface area contributed by atoms with Gasteiger partial charge in [0.25, 0.3) is 0 Å². The van der Waals surface area contributed by atoms with Gasteiger partial charge in [-0.2, -0.15) is 11.8 Å². The molecule has 0 aliphatic heterocycles. The van der Waals surface area contributed by atoms with Crippen LogP contribution >= 0.6 is 11.8 Å².